The van der Waals surface area contributed by atoms with Crippen molar-refractivity contribution in [2.75, 3.05) is 0 Å². The zero-order chi connectivity index (χ0) is 8.27. The summed E-state index contributed by atoms with van der Waals surface area (Å²) >= 11 is 0. The molecule has 0 aliphatic carbocycles. The van der Waals surface area contributed by atoms with Gasteiger partial charge in [0.15, 0.2) is 0 Å². The van der Waals surface area contributed by atoms with Gasteiger partial charge in [-0.1, -0.05) is 6.92 Å². The molecule has 0 aliphatic heterocycles. The third-order valence-electron chi connectivity index (χ3n) is 1.21. The van der Waals surface area contributed by atoms with Gasteiger partial charge in [-0.3, -0.25) is 9.89 Å². The lowest BCUT2D eigenvalue weighted by molar-refractivity contribution is -0.136. The van der Waals surface area contributed by atoms with Crippen LogP contribution in [0.4, 0.5) is 0 Å². The van der Waals surface area contributed by atoms with Gasteiger partial charge in [0.25, 0.3) is 0 Å². The molecule has 0 unspecified atom stereocenters. The minimum Gasteiger partial charge on any atom is -0.481 e. The number of hydrogen-bond acceptors (Lipinski definition) is 3. The first-order valence-corrected chi connectivity index (χ1v) is 3.34. The molecule has 2 N–H and O–H groups in total. The summed E-state index contributed by atoms with van der Waals surface area (Å²) in [6.45, 7) is 1.91. The molecule has 0 spiro atoms. The first-order chi connectivity index (χ1) is 5.22. The van der Waals surface area contributed by atoms with Gasteiger partial charge in [0, 0.05) is 6.42 Å². The van der Waals surface area contributed by atoms with E-state index in [0.717, 1.165) is 6.42 Å². The van der Waals surface area contributed by atoms with E-state index in [1.54, 1.807) is 0 Å². The van der Waals surface area contributed by atoms with Gasteiger partial charge in [-0.15, -0.1) is 0 Å². The molecule has 0 saturated carbocycles. The highest BCUT2D eigenvalue weighted by Gasteiger charge is 2.04. The fraction of sp³-hybridized carbons (Fsp3) is 0.500. The number of aliphatic carboxylic acids is 1. The number of rotatable bonds is 3. The number of hydrogen-bond donors (Lipinski definition) is 2. The summed E-state index contributed by atoms with van der Waals surface area (Å²) in [6, 6.07) is 0. The molecule has 1 aromatic rings. The van der Waals surface area contributed by atoms with Crippen LogP contribution in [-0.4, -0.2) is 26.3 Å². The maximum absolute atomic E-state index is 10.2. The molecule has 5 nitrogen and oxygen atoms in total. The van der Waals surface area contributed by atoms with E-state index >= 15 is 0 Å². The van der Waals surface area contributed by atoms with E-state index in [2.05, 4.69) is 15.2 Å². The van der Waals surface area contributed by atoms with Gasteiger partial charge >= 0.3 is 5.97 Å². The fourth-order valence-electron chi connectivity index (χ4n) is 0.715. The highest BCUT2D eigenvalue weighted by Crippen LogP contribution is 1.93. The predicted molar refractivity (Wildman–Crippen MR) is 37.1 cm³/mol. The summed E-state index contributed by atoms with van der Waals surface area (Å²) in [6.07, 6.45) is 0.628. The Bertz CT molecular complexity index is 256. The van der Waals surface area contributed by atoms with Crippen molar-refractivity contribution in [1.29, 1.82) is 0 Å². The summed E-state index contributed by atoms with van der Waals surface area (Å²) in [5.41, 5.74) is 0. The number of aromatic nitrogens is 3. The molecule has 11 heavy (non-hydrogen) atoms. The van der Waals surface area contributed by atoms with Crippen molar-refractivity contribution in [2.24, 2.45) is 0 Å². The molecule has 1 rings (SSSR count). The largest absolute Gasteiger partial charge is 0.481 e. The number of nitrogens with one attached hydrogen (secondary N) is 1. The highest BCUT2D eigenvalue weighted by atomic mass is 16.4. The monoisotopic (exact) mass is 155 g/mol. The number of aromatic amines is 1. The summed E-state index contributed by atoms with van der Waals surface area (Å²) < 4.78 is 0. The summed E-state index contributed by atoms with van der Waals surface area (Å²) in [5, 5.41) is 14.7. The lowest BCUT2D eigenvalue weighted by Crippen LogP contribution is -2.01. The van der Waals surface area contributed by atoms with Crippen LogP contribution >= 0.6 is 0 Å². The average Bonchev–Trinajstić information content (AvgIpc) is 2.34. The third kappa shape index (κ3) is 2.03. The normalized spacial score (nSPS) is 9.91. The van der Waals surface area contributed by atoms with Crippen LogP contribution in [0.5, 0.6) is 0 Å². The van der Waals surface area contributed by atoms with Crippen LogP contribution in [0.15, 0.2) is 0 Å². The molecule has 5 heteroatoms. The Morgan fingerprint density at radius 3 is 2.91 bits per heavy atom. The van der Waals surface area contributed by atoms with E-state index in [-0.39, 0.29) is 6.42 Å². The molecule has 0 aliphatic rings. The van der Waals surface area contributed by atoms with E-state index in [0.29, 0.717) is 11.6 Å². The number of carboxylic acids is 1. The summed E-state index contributed by atoms with van der Waals surface area (Å²) in [4.78, 5) is 14.1. The smallest absolute Gasteiger partial charge is 0.311 e. The summed E-state index contributed by atoms with van der Waals surface area (Å²) in [5.74, 6) is 0.166. The van der Waals surface area contributed by atoms with E-state index in [9.17, 15) is 4.79 Å². The molecule has 0 amide bonds. The highest BCUT2D eigenvalue weighted by molar-refractivity contribution is 5.68. The second-order valence-electron chi connectivity index (χ2n) is 2.12. The zero-order valence-corrected chi connectivity index (χ0v) is 6.16. The average molecular weight is 155 g/mol. The van der Waals surface area contributed by atoms with Crippen LogP contribution in [-0.2, 0) is 17.6 Å². The molecule has 60 valence electrons. The van der Waals surface area contributed by atoms with Crippen LogP contribution in [0.3, 0.4) is 0 Å². The molecule has 0 saturated heterocycles. The number of nitrogens with zero attached hydrogens (tertiary/aromatic N) is 2. The van der Waals surface area contributed by atoms with Crippen molar-refractivity contribution >= 4 is 5.97 Å². The van der Waals surface area contributed by atoms with E-state index < -0.39 is 5.97 Å². The lowest BCUT2D eigenvalue weighted by Gasteiger charge is -1.85. The molecular weight excluding hydrogens is 146 g/mol. The van der Waals surface area contributed by atoms with Gasteiger partial charge in [0.05, 0.1) is 0 Å². The van der Waals surface area contributed by atoms with E-state index in [1.807, 2.05) is 6.92 Å². The molecule has 1 aromatic heterocycles. The van der Waals surface area contributed by atoms with Crippen LogP contribution in [0.2, 0.25) is 0 Å². The number of aryl methyl sites for hydroxylation is 1. The Morgan fingerprint density at radius 1 is 1.73 bits per heavy atom. The molecular formula is C6H9N3O2. The minimum absolute atomic E-state index is 0.0903. The molecule has 0 aromatic carbocycles. The quantitative estimate of drug-likeness (QED) is 0.643. The Kier molecular flexibility index (Phi) is 2.20. The van der Waals surface area contributed by atoms with Gasteiger partial charge in [-0.2, -0.15) is 5.10 Å². The maximum atomic E-state index is 10.2. The SMILES string of the molecule is CCc1n[nH]c(CC(=O)O)n1. The molecule has 0 radical (unpaired) electrons. The van der Waals surface area contributed by atoms with Gasteiger partial charge in [0.1, 0.15) is 18.1 Å². The first-order valence-electron chi connectivity index (χ1n) is 3.34. The minimum atomic E-state index is -0.899. The number of H-pyrrole nitrogens is 1. The van der Waals surface area contributed by atoms with Crippen LogP contribution in [0.1, 0.15) is 18.6 Å². The Balaban J connectivity index is 2.65. The standard InChI is InChI=1S/C6H9N3O2/c1-2-4-7-5(9-8-4)3-6(10)11/h2-3H2,1H3,(H,10,11)(H,7,8,9). The number of carboxylic acid groups (broad SMARTS) is 1. The second kappa shape index (κ2) is 3.14. The zero-order valence-electron chi connectivity index (χ0n) is 6.16. The van der Waals surface area contributed by atoms with Crippen LogP contribution in [0, 0.1) is 0 Å². The van der Waals surface area contributed by atoms with Gasteiger partial charge in [-0.25, -0.2) is 4.98 Å². The third-order valence-corrected chi connectivity index (χ3v) is 1.21. The lowest BCUT2D eigenvalue weighted by atomic mass is 10.4. The van der Waals surface area contributed by atoms with Crippen molar-refractivity contribution in [3.05, 3.63) is 11.6 Å². The van der Waals surface area contributed by atoms with Gasteiger partial charge in [0.2, 0.25) is 0 Å². The number of carbonyl (C=O) groups is 1. The predicted octanol–water partition coefficient (Wildman–Crippen LogP) is -0.00580. The van der Waals surface area contributed by atoms with E-state index in [4.69, 9.17) is 5.11 Å². The van der Waals surface area contributed by atoms with Crippen molar-refractivity contribution in [1.82, 2.24) is 15.2 Å². The van der Waals surface area contributed by atoms with Gasteiger partial charge < -0.3 is 5.11 Å². The topological polar surface area (TPSA) is 78.9 Å². The van der Waals surface area contributed by atoms with E-state index in [1.165, 1.54) is 0 Å². The molecule has 0 atom stereocenters. The fourth-order valence-corrected chi connectivity index (χ4v) is 0.715. The van der Waals surface area contributed by atoms with Crippen molar-refractivity contribution in [3.63, 3.8) is 0 Å². The van der Waals surface area contributed by atoms with Crippen LogP contribution in [0.25, 0.3) is 0 Å². The summed E-state index contributed by atoms with van der Waals surface area (Å²) in [7, 11) is 0. The van der Waals surface area contributed by atoms with Crippen molar-refractivity contribution < 1.29 is 9.90 Å². The van der Waals surface area contributed by atoms with Crippen LogP contribution < -0.4 is 0 Å². The Morgan fingerprint density at radius 2 is 2.45 bits per heavy atom. The van der Waals surface area contributed by atoms with Gasteiger partial charge in [-0.05, 0) is 0 Å². The first kappa shape index (κ1) is 7.71. The van der Waals surface area contributed by atoms with Crippen molar-refractivity contribution in [2.45, 2.75) is 19.8 Å². The Labute approximate surface area is 63.5 Å². The second-order valence-corrected chi connectivity index (χ2v) is 2.12. The molecule has 1 heterocycles. The molecule has 0 fully saturated rings. The Hall–Kier alpha value is -1.39. The maximum Gasteiger partial charge on any atom is 0.311 e. The molecule has 0 bridgehead atoms. The van der Waals surface area contributed by atoms with Crippen molar-refractivity contribution in [3.8, 4) is 0 Å².